The van der Waals surface area contributed by atoms with Crippen molar-refractivity contribution in [1.82, 2.24) is 24.7 Å². The second-order valence-electron chi connectivity index (χ2n) is 8.65. The molecular weight excluding hydrogens is 419 g/mol. The normalized spacial score (nSPS) is 15.4. The first kappa shape index (κ1) is 19.7. The van der Waals surface area contributed by atoms with Crippen LogP contribution in [0.5, 0.6) is 0 Å². The molecule has 0 saturated heterocycles. The number of benzene rings is 1. The van der Waals surface area contributed by atoms with Crippen molar-refractivity contribution in [2.75, 3.05) is 5.32 Å². The highest BCUT2D eigenvalue weighted by Gasteiger charge is 2.27. The lowest BCUT2D eigenvalue weighted by atomic mass is 10.1. The Labute approximate surface area is 189 Å². The third-order valence-corrected chi connectivity index (χ3v) is 6.04. The Morgan fingerprint density at radius 3 is 2.61 bits per heavy atom. The van der Waals surface area contributed by atoms with Crippen molar-refractivity contribution >= 4 is 11.6 Å². The maximum atomic E-state index is 14.4. The van der Waals surface area contributed by atoms with E-state index in [0.717, 1.165) is 29.7 Å². The molecule has 2 aliphatic carbocycles. The van der Waals surface area contributed by atoms with Crippen LogP contribution in [0, 0.1) is 5.82 Å². The maximum Gasteiger partial charge on any atom is 0.274 e. The molecule has 1 amide bonds. The van der Waals surface area contributed by atoms with Crippen LogP contribution in [0.25, 0.3) is 22.5 Å². The molecule has 3 aromatic heterocycles. The number of rotatable bonds is 6. The van der Waals surface area contributed by atoms with Crippen LogP contribution in [0.2, 0.25) is 0 Å². The minimum atomic E-state index is -0.461. The highest BCUT2D eigenvalue weighted by Crippen LogP contribution is 2.39. The van der Waals surface area contributed by atoms with Crippen molar-refractivity contribution in [3.8, 4) is 22.5 Å². The monoisotopic (exact) mass is 440 g/mol. The van der Waals surface area contributed by atoms with Crippen LogP contribution in [0.1, 0.15) is 53.8 Å². The van der Waals surface area contributed by atoms with Gasteiger partial charge in [-0.25, -0.2) is 4.39 Å². The van der Waals surface area contributed by atoms with Gasteiger partial charge in [-0.3, -0.25) is 14.8 Å². The SMILES string of the molecule is O=C(Nc1cc(F)cc(-c2nncn2C2CC2)c1)c1cc(-c2ccc(C3CC3)nc2)ccn1. The first-order valence-electron chi connectivity index (χ1n) is 11.1. The van der Waals surface area contributed by atoms with Gasteiger partial charge in [0.15, 0.2) is 5.82 Å². The molecule has 2 saturated carbocycles. The number of hydrogen-bond acceptors (Lipinski definition) is 5. The minimum absolute atomic E-state index is 0.241. The van der Waals surface area contributed by atoms with Crippen molar-refractivity contribution in [3.63, 3.8) is 0 Å². The van der Waals surface area contributed by atoms with Gasteiger partial charge in [0.2, 0.25) is 0 Å². The van der Waals surface area contributed by atoms with E-state index in [2.05, 4.69) is 25.5 Å². The van der Waals surface area contributed by atoms with E-state index in [9.17, 15) is 9.18 Å². The van der Waals surface area contributed by atoms with E-state index in [1.807, 2.05) is 29.0 Å². The van der Waals surface area contributed by atoms with E-state index in [4.69, 9.17) is 0 Å². The summed E-state index contributed by atoms with van der Waals surface area (Å²) in [6.45, 7) is 0. The smallest absolute Gasteiger partial charge is 0.274 e. The zero-order chi connectivity index (χ0) is 22.4. The van der Waals surface area contributed by atoms with Crippen LogP contribution in [0.15, 0.2) is 61.2 Å². The molecule has 0 atom stereocenters. The molecule has 0 spiro atoms. The lowest BCUT2D eigenvalue weighted by Crippen LogP contribution is -2.14. The molecule has 1 aromatic carbocycles. The number of aromatic nitrogens is 5. The molecule has 8 heteroatoms. The summed E-state index contributed by atoms with van der Waals surface area (Å²) in [6.07, 6.45) is 9.61. The predicted octanol–water partition coefficient (Wildman–Crippen LogP) is 5.01. The number of nitrogens with one attached hydrogen (secondary N) is 1. The van der Waals surface area contributed by atoms with Crippen molar-refractivity contribution in [2.45, 2.75) is 37.6 Å². The molecule has 2 fully saturated rings. The van der Waals surface area contributed by atoms with Crippen molar-refractivity contribution in [1.29, 1.82) is 0 Å². The molecule has 7 nitrogen and oxygen atoms in total. The van der Waals surface area contributed by atoms with Gasteiger partial charge in [-0.2, -0.15) is 0 Å². The Morgan fingerprint density at radius 2 is 1.85 bits per heavy atom. The molecule has 2 aliphatic rings. The molecule has 164 valence electrons. The Balaban J connectivity index is 1.24. The molecule has 3 heterocycles. The highest BCUT2D eigenvalue weighted by molar-refractivity contribution is 6.03. The topological polar surface area (TPSA) is 85.6 Å². The van der Waals surface area contributed by atoms with Gasteiger partial charge in [-0.15, -0.1) is 10.2 Å². The van der Waals surface area contributed by atoms with Gasteiger partial charge in [0.25, 0.3) is 5.91 Å². The maximum absolute atomic E-state index is 14.4. The summed E-state index contributed by atoms with van der Waals surface area (Å²) in [4.78, 5) is 21.7. The van der Waals surface area contributed by atoms with E-state index in [-0.39, 0.29) is 5.69 Å². The largest absolute Gasteiger partial charge is 0.321 e. The number of halogens is 1. The van der Waals surface area contributed by atoms with Crippen LogP contribution < -0.4 is 5.32 Å². The number of carbonyl (C=O) groups is 1. The summed E-state index contributed by atoms with van der Waals surface area (Å²) in [5.41, 5.74) is 4.03. The van der Waals surface area contributed by atoms with Gasteiger partial charge in [0.1, 0.15) is 17.8 Å². The number of carbonyl (C=O) groups excluding carboxylic acids is 1. The Kier molecular flexibility index (Phi) is 4.71. The van der Waals surface area contributed by atoms with Gasteiger partial charge in [-0.1, -0.05) is 6.07 Å². The number of pyridine rings is 2. The van der Waals surface area contributed by atoms with Crippen LogP contribution >= 0.6 is 0 Å². The van der Waals surface area contributed by atoms with E-state index in [1.54, 1.807) is 24.7 Å². The molecule has 0 bridgehead atoms. The van der Waals surface area contributed by atoms with Gasteiger partial charge >= 0.3 is 0 Å². The fraction of sp³-hybridized carbons (Fsp3) is 0.240. The molecular formula is C25H21FN6O. The lowest BCUT2D eigenvalue weighted by molar-refractivity contribution is 0.102. The summed E-state index contributed by atoms with van der Waals surface area (Å²) < 4.78 is 16.3. The molecule has 0 unspecified atom stereocenters. The molecule has 4 aromatic rings. The fourth-order valence-corrected chi connectivity index (χ4v) is 3.99. The van der Waals surface area contributed by atoms with E-state index in [1.165, 1.54) is 25.0 Å². The van der Waals surface area contributed by atoms with Crippen molar-refractivity contribution < 1.29 is 9.18 Å². The van der Waals surface area contributed by atoms with Crippen molar-refractivity contribution in [3.05, 3.63) is 78.4 Å². The van der Waals surface area contributed by atoms with Crippen LogP contribution in [0.4, 0.5) is 10.1 Å². The summed E-state index contributed by atoms with van der Waals surface area (Å²) >= 11 is 0. The predicted molar refractivity (Wildman–Crippen MR) is 121 cm³/mol. The van der Waals surface area contributed by atoms with E-state index >= 15 is 0 Å². The Morgan fingerprint density at radius 1 is 0.970 bits per heavy atom. The summed E-state index contributed by atoms with van der Waals surface area (Å²) in [5.74, 6) is 0.304. The standard InChI is InChI=1S/C25H21FN6O/c26-19-9-18(24-31-29-14-32(24)21-4-5-21)10-20(12-19)30-25(33)23-11-16(7-8-27-23)17-3-6-22(28-13-17)15-1-2-15/h3,6-15,21H,1-2,4-5H2,(H,30,33). The van der Waals surface area contributed by atoms with E-state index in [0.29, 0.717) is 29.0 Å². The summed E-state index contributed by atoms with van der Waals surface area (Å²) in [7, 11) is 0. The zero-order valence-electron chi connectivity index (χ0n) is 17.8. The quantitative estimate of drug-likeness (QED) is 0.456. The minimum Gasteiger partial charge on any atom is -0.321 e. The Hall–Kier alpha value is -3.94. The summed E-state index contributed by atoms with van der Waals surface area (Å²) in [5, 5.41) is 10.9. The number of anilines is 1. The number of nitrogens with zero attached hydrogens (tertiary/aromatic N) is 5. The van der Waals surface area contributed by atoms with Crippen LogP contribution in [-0.2, 0) is 0 Å². The highest BCUT2D eigenvalue weighted by atomic mass is 19.1. The van der Waals surface area contributed by atoms with Crippen LogP contribution in [-0.4, -0.2) is 30.6 Å². The molecule has 33 heavy (non-hydrogen) atoms. The van der Waals surface area contributed by atoms with Gasteiger partial charge in [0.05, 0.1) is 0 Å². The first-order chi connectivity index (χ1) is 16.1. The lowest BCUT2D eigenvalue weighted by Gasteiger charge is -2.10. The third-order valence-electron chi connectivity index (χ3n) is 6.04. The average Bonchev–Trinajstić information content (AvgIpc) is 3.77. The second kappa shape index (κ2) is 7.88. The molecule has 1 N–H and O–H groups in total. The zero-order valence-corrected chi connectivity index (χ0v) is 17.8. The van der Waals surface area contributed by atoms with Gasteiger partial charge < -0.3 is 9.88 Å². The number of amides is 1. The Bertz CT molecular complexity index is 1340. The first-order valence-corrected chi connectivity index (χ1v) is 11.1. The fourth-order valence-electron chi connectivity index (χ4n) is 3.99. The number of hydrogen-bond donors (Lipinski definition) is 1. The molecule has 0 aliphatic heterocycles. The van der Waals surface area contributed by atoms with Gasteiger partial charge in [0, 0.05) is 46.9 Å². The van der Waals surface area contributed by atoms with Gasteiger partial charge in [-0.05, 0) is 67.6 Å². The van der Waals surface area contributed by atoms with Crippen LogP contribution in [0.3, 0.4) is 0 Å². The second-order valence-corrected chi connectivity index (χ2v) is 8.65. The van der Waals surface area contributed by atoms with Crippen molar-refractivity contribution in [2.24, 2.45) is 0 Å². The molecule has 0 radical (unpaired) electrons. The molecule has 6 rings (SSSR count). The average molecular weight is 440 g/mol. The van der Waals surface area contributed by atoms with E-state index < -0.39 is 11.7 Å². The third kappa shape index (κ3) is 4.11. The summed E-state index contributed by atoms with van der Waals surface area (Å²) in [6, 6.07) is 12.4.